The molecule has 132 valence electrons. The van der Waals surface area contributed by atoms with Crippen LogP contribution < -0.4 is 10.6 Å². The Balaban J connectivity index is 1.51. The van der Waals surface area contributed by atoms with Crippen LogP contribution in [-0.4, -0.2) is 50.5 Å². The Morgan fingerprint density at radius 1 is 1.22 bits per heavy atom. The average molecular weight is 323 g/mol. The number of hydrogen-bond donors (Lipinski definition) is 2. The normalized spacial score (nSPS) is 37.9. The van der Waals surface area contributed by atoms with Gasteiger partial charge in [-0.2, -0.15) is 0 Å². The molecule has 0 aromatic carbocycles. The van der Waals surface area contributed by atoms with Crippen molar-refractivity contribution in [1.29, 1.82) is 0 Å². The molecule has 5 atom stereocenters. The first kappa shape index (κ1) is 17.0. The molecule has 23 heavy (non-hydrogen) atoms. The maximum Gasteiger partial charge on any atom is 0.191 e. The molecule has 0 aromatic rings. The molecule has 2 N–H and O–H groups in total. The van der Waals surface area contributed by atoms with E-state index >= 15 is 0 Å². The van der Waals surface area contributed by atoms with Gasteiger partial charge in [-0.1, -0.05) is 20.8 Å². The van der Waals surface area contributed by atoms with E-state index in [0.29, 0.717) is 30.3 Å². The summed E-state index contributed by atoms with van der Waals surface area (Å²) in [4.78, 5) is 4.40. The first-order valence-electron chi connectivity index (χ1n) is 9.21. The highest BCUT2D eigenvalue weighted by molar-refractivity contribution is 5.80. The number of guanidine groups is 1. The van der Waals surface area contributed by atoms with Crippen LogP contribution in [0.4, 0.5) is 0 Å². The second-order valence-electron chi connectivity index (χ2n) is 8.37. The highest BCUT2D eigenvalue weighted by Gasteiger charge is 2.41. The van der Waals surface area contributed by atoms with Crippen LogP contribution in [0.1, 0.15) is 52.9 Å². The Kier molecular flexibility index (Phi) is 5.16. The van der Waals surface area contributed by atoms with E-state index in [1.165, 1.54) is 19.3 Å². The Morgan fingerprint density at radius 2 is 2.04 bits per heavy atom. The van der Waals surface area contributed by atoms with E-state index in [-0.39, 0.29) is 5.41 Å². The minimum Gasteiger partial charge on any atom is -0.377 e. The standard InChI is InChI=1S/C18H33N3O2/c1-18(2,3)16-12(6-5-9-22-16)11-20-17(19-4)21-14-10-13-7-8-15(14)23-13/h12-16H,5-11H2,1-4H3,(H2,19,20,21). The molecule has 5 nitrogen and oxygen atoms in total. The molecule has 0 aromatic heterocycles. The maximum absolute atomic E-state index is 6.07. The zero-order valence-electron chi connectivity index (χ0n) is 15.1. The quantitative estimate of drug-likeness (QED) is 0.618. The number of ether oxygens (including phenoxy) is 2. The van der Waals surface area contributed by atoms with Gasteiger partial charge < -0.3 is 20.1 Å². The number of rotatable bonds is 3. The van der Waals surface area contributed by atoms with Crippen molar-refractivity contribution < 1.29 is 9.47 Å². The van der Waals surface area contributed by atoms with Gasteiger partial charge in [0, 0.05) is 26.1 Å². The van der Waals surface area contributed by atoms with Crippen molar-refractivity contribution in [2.24, 2.45) is 16.3 Å². The van der Waals surface area contributed by atoms with Crippen molar-refractivity contribution in [3.63, 3.8) is 0 Å². The third-order valence-corrected chi connectivity index (χ3v) is 5.48. The highest BCUT2D eigenvalue weighted by atomic mass is 16.5. The zero-order valence-corrected chi connectivity index (χ0v) is 15.1. The molecule has 3 aliphatic rings. The summed E-state index contributed by atoms with van der Waals surface area (Å²) in [7, 11) is 1.85. The Labute approximate surface area is 140 Å². The first-order valence-corrected chi connectivity index (χ1v) is 9.21. The number of fused-ring (bicyclic) bond motifs is 2. The molecule has 3 fully saturated rings. The number of nitrogens with one attached hydrogen (secondary N) is 2. The molecule has 3 rings (SSSR count). The molecular weight excluding hydrogens is 290 g/mol. The second kappa shape index (κ2) is 6.98. The predicted molar refractivity (Wildman–Crippen MR) is 92.7 cm³/mol. The van der Waals surface area contributed by atoms with E-state index in [1.54, 1.807) is 0 Å². The van der Waals surface area contributed by atoms with Crippen molar-refractivity contribution >= 4 is 5.96 Å². The van der Waals surface area contributed by atoms with Crippen molar-refractivity contribution in [3.05, 3.63) is 0 Å². The van der Waals surface area contributed by atoms with Crippen molar-refractivity contribution in [2.45, 2.75) is 77.2 Å². The summed E-state index contributed by atoms with van der Waals surface area (Å²) in [6, 6.07) is 0.418. The number of nitrogens with zero attached hydrogens (tertiary/aromatic N) is 1. The van der Waals surface area contributed by atoms with Crippen LogP contribution in [-0.2, 0) is 9.47 Å². The van der Waals surface area contributed by atoms with Gasteiger partial charge >= 0.3 is 0 Å². The van der Waals surface area contributed by atoms with Crippen LogP contribution in [0.25, 0.3) is 0 Å². The molecule has 5 unspecified atom stereocenters. The van der Waals surface area contributed by atoms with E-state index in [9.17, 15) is 0 Å². The third-order valence-electron chi connectivity index (χ3n) is 5.48. The Hall–Kier alpha value is -0.810. The van der Waals surface area contributed by atoms with E-state index in [4.69, 9.17) is 9.47 Å². The van der Waals surface area contributed by atoms with Crippen molar-refractivity contribution in [3.8, 4) is 0 Å². The van der Waals surface area contributed by atoms with Gasteiger partial charge in [0.25, 0.3) is 0 Å². The summed E-state index contributed by atoms with van der Waals surface area (Å²) in [5.74, 6) is 1.45. The summed E-state index contributed by atoms with van der Waals surface area (Å²) in [6.07, 6.45) is 7.06. The van der Waals surface area contributed by atoms with Crippen LogP contribution in [0.3, 0.4) is 0 Å². The molecule has 3 heterocycles. The summed E-state index contributed by atoms with van der Waals surface area (Å²) in [5.41, 5.74) is 0.183. The molecule has 0 saturated carbocycles. The lowest BCUT2D eigenvalue weighted by Gasteiger charge is -2.40. The molecule has 3 aliphatic heterocycles. The molecular formula is C18H33N3O2. The number of aliphatic imine (C=N–C) groups is 1. The molecule has 3 saturated heterocycles. The molecule has 0 spiro atoms. The van der Waals surface area contributed by atoms with Gasteiger partial charge in [-0.15, -0.1) is 0 Å². The smallest absolute Gasteiger partial charge is 0.191 e. The number of hydrogen-bond acceptors (Lipinski definition) is 3. The van der Waals surface area contributed by atoms with Crippen molar-refractivity contribution in [1.82, 2.24) is 10.6 Å². The fraction of sp³-hybridized carbons (Fsp3) is 0.944. The van der Waals surface area contributed by atoms with Gasteiger partial charge in [-0.25, -0.2) is 0 Å². The first-order chi connectivity index (χ1) is 11.0. The topological polar surface area (TPSA) is 54.9 Å². The van der Waals surface area contributed by atoms with E-state index < -0.39 is 0 Å². The molecule has 0 amide bonds. The monoisotopic (exact) mass is 323 g/mol. The van der Waals surface area contributed by atoms with Gasteiger partial charge in [0.05, 0.1) is 24.4 Å². The predicted octanol–water partition coefficient (Wildman–Crippen LogP) is 2.31. The van der Waals surface area contributed by atoms with Gasteiger partial charge in [-0.3, -0.25) is 4.99 Å². The Bertz CT molecular complexity index is 432. The molecule has 5 heteroatoms. The summed E-state index contributed by atoms with van der Waals surface area (Å²) >= 11 is 0. The van der Waals surface area contributed by atoms with Gasteiger partial charge in [0.15, 0.2) is 5.96 Å². The summed E-state index contributed by atoms with van der Waals surface area (Å²) in [5, 5.41) is 7.09. The highest BCUT2D eigenvalue weighted by Crippen LogP contribution is 2.35. The Morgan fingerprint density at radius 3 is 2.65 bits per heavy atom. The zero-order chi connectivity index (χ0) is 16.4. The summed E-state index contributed by atoms with van der Waals surface area (Å²) < 4.78 is 12.0. The van der Waals surface area contributed by atoms with Gasteiger partial charge in [-0.05, 0) is 37.5 Å². The lowest BCUT2D eigenvalue weighted by molar-refractivity contribution is -0.0835. The fourth-order valence-corrected chi connectivity index (χ4v) is 4.40. The van der Waals surface area contributed by atoms with Crippen LogP contribution in [0.15, 0.2) is 4.99 Å². The lowest BCUT2D eigenvalue weighted by atomic mass is 9.78. The van der Waals surface area contributed by atoms with Gasteiger partial charge in [0.1, 0.15) is 0 Å². The molecule has 0 aliphatic carbocycles. The maximum atomic E-state index is 6.07. The van der Waals surface area contributed by atoms with Crippen LogP contribution in [0.5, 0.6) is 0 Å². The van der Waals surface area contributed by atoms with Gasteiger partial charge in [0.2, 0.25) is 0 Å². The lowest BCUT2D eigenvalue weighted by Crippen LogP contribution is -2.51. The average Bonchev–Trinajstić information content (AvgIpc) is 3.13. The summed E-state index contributed by atoms with van der Waals surface area (Å²) in [6.45, 7) is 8.64. The second-order valence-corrected chi connectivity index (χ2v) is 8.37. The largest absolute Gasteiger partial charge is 0.377 e. The van der Waals surface area contributed by atoms with E-state index in [1.807, 2.05) is 7.05 Å². The van der Waals surface area contributed by atoms with E-state index in [0.717, 1.165) is 32.0 Å². The van der Waals surface area contributed by atoms with Crippen LogP contribution >= 0.6 is 0 Å². The minimum atomic E-state index is 0.183. The van der Waals surface area contributed by atoms with Crippen LogP contribution in [0, 0.1) is 11.3 Å². The SMILES string of the molecule is CN=C(NCC1CCCOC1C(C)(C)C)NC1CC2CCC1O2. The molecule has 0 radical (unpaired) electrons. The minimum absolute atomic E-state index is 0.183. The van der Waals surface area contributed by atoms with Crippen molar-refractivity contribution in [2.75, 3.05) is 20.2 Å². The molecule has 2 bridgehead atoms. The fourth-order valence-electron chi connectivity index (χ4n) is 4.40. The van der Waals surface area contributed by atoms with E-state index in [2.05, 4.69) is 36.4 Å². The third kappa shape index (κ3) is 4.00. The van der Waals surface area contributed by atoms with Crippen LogP contribution in [0.2, 0.25) is 0 Å².